The van der Waals surface area contributed by atoms with E-state index in [0.29, 0.717) is 23.9 Å². The zero-order chi connectivity index (χ0) is 14.0. The third kappa shape index (κ3) is 3.12. The summed E-state index contributed by atoms with van der Waals surface area (Å²) in [6.45, 7) is 7.24. The molecule has 1 heterocycles. The summed E-state index contributed by atoms with van der Waals surface area (Å²) in [6.07, 6.45) is 0. The van der Waals surface area contributed by atoms with Crippen molar-refractivity contribution in [2.24, 2.45) is 11.8 Å². The Kier molecular flexibility index (Phi) is 4.53. The van der Waals surface area contributed by atoms with Crippen LogP contribution in [0.4, 0.5) is 8.78 Å². The van der Waals surface area contributed by atoms with E-state index in [1.54, 1.807) is 19.2 Å². The van der Waals surface area contributed by atoms with Crippen LogP contribution in [-0.2, 0) is 0 Å². The molecule has 1 fully saturated rings. The molecule has 0 aromatic heterocycles. The Morgan fingerprint density at radius 3 is 2.47 bits per heavy atom. The Balaban J connectivity index is 2.10. The highest BCUT2D eigenvalue weighted by molar-refractivity contribution is 5.23. The average Bonchev–Trinajstić information content (AvgIpc) is 2.69. The van der Waals surface area contributed by atoms with Crippen LogP contribution in [0.15, 0.2) is 18.2 Å². The Labute approximate surface area is 113 Å². The molecular formula is C15H22F2N2. The van der Waals surface area contributed by atoms with E-state index in [-0.39, 0.29) is 6.04 Å². The van der Waals surface area contributed by atoms with Gasteiger partial charge < -0.3 is 10.2 Å². The number of nitrogens with one attached hydrogen (secondary N) is 1. The van der Waals surface area contributed by atoms with Crippen molar-refractivity contribution in [2.45, 2.75) is 19.9 Å². The van der Waals surface area contributed by atoms with Crippen LogP contribution in [0.5, 0.6) is 0 Å². The van der Waals surface area contributed by atoms with E-state index in [9.17, 15) is 8.78 Å². The van der Waals surface area contributed by atoms with Crippen molar-refractivity contribution in [3.05, 3.63) is 35.4 Å². The van der Waals surface area contributed by atoms with Gasteiger partial charge >= 0.3 is 0 Å². The molecular weight excluding hydrogens is 246 g/mol. The summed E-state index contributed by atoms with van der Waals surface area (Å²) >= 11 is 0. The van der Waals surface area contributed by atoms with E-state index in [1.165, 1.54) is 0 Å². The molecule has 19 heavy (non-hydrogen) atoms. The number of nitrogens with zero attached hydrogens (tertiary/aromatic N) is 1. The summed E-state index contributed by atoms with van der Waals surface area (Å²) < 4.78 is 27.1. The normalized spacial score (nSPS) is 25.7. The average molecular weight is 268 g/mol. The lowest BCUT2D eigenvalue weighted by molar-refractivity contribution is 0.283. The Morgan fingerprint density at radius 2 is 1.89 bits per heavy atom. The fourth-order valence-corrected chi connectivity index (χ4v) is 2.79. The SMILES string of the molecule is CNC(CN1CC(C)C(C)C1)c1cccc(F)c1F. The first-order chi connectivity index (χ1) is 9.02. The largest absolute Gasteiger partial charge is 0.312 e. The van der Waals surface area contributed by atoms with E-state index in [4.69, 9.17) is 0 Å². The Bertz CT molecular complexity index is 426. The summed E-state index contributed by atoms with van der Waals surface area (Å²) in [6, 6.07) is 4.20. The topological polar surface area (TPSA) is 15.3 Å². The number of likely N-dealkylation sites (tertiary alicyclic amines) is 1. The predicted octanol–water partition coefficient (Wildman–Crippen LogP) is 2.81. The molecule has 0 amide bonds. The van der Waals surface area contributed by atoms with Crippen LogP contribution in [0.3, 0.4) is 0 Å². The van der Waals surface area contributed by atoms with Crippen LogP contribution < -0.4 is 5.32 Å². The fraction of sp³-hybridized carbons (Fsp3) is 0.600. The molecule has 2 nitrogen and oxygen atoms in total. The first kappa shape index (κ1) is 14.4. The maximum Gasteiger partial charge on any atom is 0.163 e. The Morgan fingerprint density at radius 1 is 1.26 bits per heavy atom. The summed E-state index contributed by atoms with van der Waals surface area (Å²) in [4.78, 5) is 2.32. The maximum absolute atomic E-state index is 13.8. The van der Waals surface area contributed by atoms with Crippen molar-refractivity contribution < 1.29 is 8.78 Å². The second-order valence-electron chi connectivity index (χ2n) is 5.66. The van der Waals surface area contributed by atoms with Gasteiger partial charge in [0.05, 0.1) is 0 Å². The second kappa shape index (κ2) is 5.97. The highest BCUT2D eigenvalue weighted by Gasteiger charge is 2.28. The molecule has 4 heteroatoms. The lowest BCUT2D eigenvalue weighted by Crippen LogP contribution is -2.33. The van der Waals surface area contributed by atoms with E-state index in [2.05, 4.69) is 24.1 Å². The van der Waals surface area contributed by atoms with Crippen LogP contribution >= 0.6 is 0 Å². The van der Waals surface area contributed by atoms with Gasteiger partial charge in [0.15, 0.2) is 11.6 Å². The molecule has 0 radical (unpaired) electrons. The van der Waals surface area contributed by atoms with Gasteiger partial charge in [-0.25, -0.2) is 8.78 Å². The number of likely N-dealkylation sites (N-methyl/N-ethyl adjacent to an activating group) is 1. The minimum Gasteiger partial charge on any atom is -0.312 e. The van der Waals surface area contributed by atoms with Crippen LogP contribution in [-0.4, -0.2) is 31.6 Å². The molecule has 3 unspecified atom stereocenters. The van der Waals surface area contributed by atoms with Crippen molar-refractivity contribution in [2.75, 3.05) is 26.7 Å². The van der Waals surface area contributed by atoms with Gasteiger partial charge in [-0.2, -0.15) is 0 Å². The van der Waals surface area contributed by atoms with Gasteiger partial charge in [-0.1, -0.05) is 26.0 Å². The van der Waals surface area contributed by atoms with Gasteiger partial charge in [0.1, 0.15) is 0 Å². The van der Waals surface area contributed by atoms with E-state index < -0.39 is 11.6 Å². The maximum atomic E-state index is 13.8. The molecule has 1 aliphatic rings. The summed E-state index contributed by atoms with van der Waals surface area (Å²) in [7, 11) is 1.79. The van der Waals surface area contributed by atoms with Gasteiger partial charge in [0.25, 0.3) is 0 Å². The summed E-state index contributed by atoms with van der Waals surface area (Å²) in [5.41, 5.74) is 0.412. The number of hydrogen-bond acceptors (Lipinski definition) is 2. The molecule has 1 aliphatic heterocycles. The molecule has 0 saturated carbocycles. The lowest BCUT2D eigenvalue weighted by atomic mass is 10.0. The molecule has 2 rings (SSSR count). The number of rotatable bonds is 4. The van der Waals surface area contributed by atoms with Gasteiger partial charge in [0.2, 0.25) is 0 Å². The van der Waals surface area contributed by atoms with Crippen molar-refractivity contribution in [3.8, 4) is 0 Å². The quantitative estimate of drug-likeness (QED) is 0.903. The number of hydrogen-bond donors (Lipinski definition) is 1. The minimum atomic E-state index is -0.777. The van der Waals surface area contributed by atoms with E-state index in [1.807, 2.05) is 0 Å². The predicted molar refractivity (Wildman–Crippen MR) is 72.9 cm³/mol. The molecule has 1 aromatic rings. The third-order valence-electron chi connectivity index (χ3n) is 4.21. The van der Waals surface area contributed by atoms with E-state index >= 15 is 0 Å². The van der Waals surface area contributed by atoms with Crippen molar-refractivity contribution in [1.29, 1.82) is 0 Å². The standard InChI is InChI=1S/C15H22F2N2/c1-10-7-19(8-11(10)2)9-14(18-3)12-5-4-6-13(16)15(12)17/h4-6,10-11,14,18H,7-9H2,1-3H3. The molecule has 1 N–H and O–H groups in total. The zero-order valence-corrected chi connectivity index (χ0v) is 11.8. The van der Waals surface area contributed by atoms with Crippen molar-refractivity contribution >= 4 is 0 Å². The van der Waals surface area contributed by atoms with Gasteiger partial charge in [-0.15, -0.1) is 0 Å². The van der Waals surface area contributed by atoms with Crippen LogP contribution in [0, 0.1) is 23.5 Å². The first-order valence-corrected chi connectivity index (χ1v) is 6.86. The molecule has 0 bridgehead atoms. The van der Waals surface area contributed by atoms with Crippen LogP contribution in [0.2, 0.25) is 0 Å². The first-order valence-electron chi connectivity index (χ1n) is 6.86. The number of halogens is 2. The van der Waals surface area contributed by atoms with E-state index in [0.717, 1.165) is 19.2 Å². The summed E-state index contributed by atoms with van der Waals surface area (Å²) in [5, 5.41) is 3.09. The highest BCUT2D eigenvalue weighted by atomic mass is 19.2. The molecule has 1 aromatic carbocycles. The fourth-order valence-electron chi connectivity index (χ4n) is 2.79. The second-order valence-corrected chi connectivity index (χ2v) is 5.66. The molecule has 3 atom stereocenters. The number of benzene rings is 1. The smallest absolute Gasteiger partial charge is 0.163 e. The lowest BCUT2D eigenvalue weighted by Gasteiger charge is -2.24. The zero-order valence-electron chi connectivity index (χ0n) is 11.8. The monoisotopic (exact) mass is 268 g/mol. The van der Waals surface area contributed by atoms with Crippen molar-refractivity contribution in [1.82, 2.24) is 10.2 Å². The van der Waals surface area contributed by atoms with Crippen LogP contribution in [0.1, 0.15) is 25.5 Å². The molecule has 0 spiro atoms. The Hall–Kier alpha value is -1.00. The minimum absolute atomic E-state index is 0.173. The van der Waals surface area contributed by atoms with Gasteiger partial charge in [-0.3, -0.25) is 0 Å². The highest BCUT2D eigenvalue weighted by Crippen LogP contribution is 2.26. The molecule has 1 saturated heterocycles. The third-order valence-corrected chi connectivity index (χ3v) is 4.21. The van der Waals surface area contributed by atoms with Gasteiger partial charge in [0, 0.05) is 31.2 Å². The molecule has 106 valence electrons. The molecule has 0 aliphatic carbocycles. The van der Waals surface area contributed by atoms with Crippen molar-refractivity contribution in [3.63, 3.8) is 0 Å². The van der Waals surface area contributed by atoms with Gasteiger partial charge in [-0.05, 0) is 24.9 Å². The van der Waals surface area contributed by atoms with Crippen LogP contribution in [0.25, 0.3) is 0 Å². The summed E-state index contributed by atoms with van der Waals surface area (Å²) in [5.74, 6) is -0.187.